The predicted molar refractivity (Wildman–Crippen MR) is 84.0 cm³/mol. The number of nitrogens with zero attached hydrogens (tertiary/aromatic N) is 1. The van der Waals surface area contributed by atoms with E-state index in [1.165, 1.54) is 10.6 Å². The topological polar surface area (TPSA) is 76.5 Å². The Bertz CT molecular complexity index is 699. The van der Waals surface area contributed by atoms with Gasteiger partial charge in [-0.3, -0.25) is 0 Å². The van der Waals surface area contributed by atoms with E-state index in [-0.39, 0.29) is 11.4 Å². The largest absolute Gasteiger partial charge is 0.468 e. The van der Waals surface area contributed by atoms with Crippen LogP contribution in [0.5, 0.6) is 0 Å². The maximum absolute atomic E-state index is 12.7. The van der Waals surface area contributed by atoms with Gasteiger partial charge in [0, 0.05) is 17.6 Å². The van der Waals surface area contributed by atoms with Crippen LogP contribution in [0, 0.1) is 0 Å². The zero-order valence-electron chi connectivity index (χ0n) is 11.6. The van der Waals surface area contributed by atoms with E-state index in [1.807, 2.05) is 0 Å². The van der Waals surface area contributed by atoms with Gasteiger partial charge in [0.2, 0.25) is 10.0 Å². The van der Waals surface area contributed by atoms with Crippen molar-refractivity contribution in [1.29, 1.82) is 0 Å². The fourth-order valence-corrected chi connectivity index (χ4v) is 4.46. The highest BCUT2D eigenvalue weighted by Crippen LogP contribution is 2.27. The van der Waals surface area contributed by atoms with Gasteiger partial charge in [-0.05, 0) is 45.8 Å². The molecule has 0 fully saturated rings. The van der Waals surface area contributed by atoms with Crippen LogP contribution >= 0.6 is 15.9 Å². The van der Waals surface area contributed by atoms with E-state index >= 15 is 0 Å². The zero-order chi connectivity index (χ0) is 15.5. The smallest absolute Gasteiger partial charge is 0.244 e. The Morgan fingerprint density at radius 1 is 1.33 bits per heavy atom. The average Bonchev–Trinajstić information content (AvgIpc) is 2.97. The zero-order valence-corrected chi connectivity index (χ0v) is 14.0. The minimum absolute atomic E-state index is 0.205. The van der Waals surface area contributed by atoms with Crippen LogP contribution in [0.2, 0.25) is 0 Å². The molecule has 0 aliphatic heterocycles. The number of nitrogens with two attached hydrogens (primary N) is 1. The third-order valence-corrected chi connectivity index (χ3v) is 6.01. The average molecular weight is 373 g/mol. The molecule has 0 saturated carbocycles. The molecule has 0 bridgehead atoms. The Balaban J connectivity index is 2.35. The molecule has 0 saturated heterocycles. The highest BCUT2D eigenvalue weighted by Gasteiger charge is 2.26. The van der Waals surface area contributed by atoms with Gasteiger partial charge in [0.25, 0.3) is 0 Å². The summed E-state index contributed by atoms with van der Waals surface area (Å²) in [6.45, 7) is 2.72. The van der Waals surface area contributed by atoms with Crippen LogP contribution in [0.1, 0.15) is 18.2 Å². The lowest BCUT2D eigenvalue weighted by Crippen LogP contribution is -2.30. The molecule has 0 radical (unpaired) electrons. The van der Waals surface area contributed by atoms with E-state index in [9.17, 15) is 8.42 Å². The van der Waals surface area contributed by atoms with Crippen molar-refractivity contribution in [2.75, 3.05) is 6.54 Å². The second-order valence-electron chi connectivity index (χ2n) is 4.48. The number of halogens is 1. The first-order valence-electron chi connectivity index (χ1n) is 6.50. The Hall–Kier alpha value is -1.15. The Kier molecular flexibility index (Phi) is 5.21. The van der Waals surface area contributed by atoms with Crippen LogP contribution in [-0.2, 0) is 23.1 Å². The summed E-state index contributed by atoms with van der Waals surface area (Å²) < 4.78 is 32.6. The van der Waals surface area contributed by atoms with Crippen molar-refractivity contribution in [1.82, 2.24) is 4.31 Å². The third-order valence-electron chi connectivity index (χ3n) is 3.11. The first-order chi connectivity index (χ1) is 9.98. The number of sulfonamides is 1. The molecular formula is C14H17BrN2O3S. The summed E-state index contributed by atoms with van der Waals surface area (Å²) in [5, 5.41) is 0. The van der Waals surface area contributed by atoms with Crippen LogP contribution in [0.4, 0.5) is 0 Å². The molecule has 7 heteroatoms. The monoisotopic (exact) mass is 372 g/mol. The molecule has 114 valence electrons. The molecule has 0 atom stereocenters. The normalized spacial score (nSPS) is 12.0. The molecule has 1 aromatic heterocycles. The van der Waals surface area contributed by atoms with Gasteiger partial charge in [-0.15, -0.1) is 0 Å². The standard InChI is InChI=1S/C14H17BrN2O3S/c1-2-17(10-12-4-3-7-20-12)21(18,19)14-6-5-11(9-16)8-13(14)15/h3-8H,2,9-10,16H2,1H3. The van der Waals surface area contributed by atoms with Gasteiger partial charge in [-0.1, -0.05) is 13.0 Å². The minimum Gasteiger partial charge on any atom is -0.468 e. The summed E-state index contributed by atoms with van der Waals surface area (Å²) in [5.74, 6) is 0.607. The molecular weight excluding hydrogens is 356 g/mol. The van der Waals surface area contributed by atoms with Crippen LogP contribution < -0.4 is 5.73 Å². The van der Waals surface area contributed by atoms with E-state index in [0.29, 0.717) is 23.3 Å². The van der Waals surface area contributed by atoms with Crippen LogP contribution in [0.15, 0.2) is 50.4 Å². The van der Waals surface area contributed by atoms with Gasteiger partial charge in [0.1, 0.15) is 5.76 Å². The Morgan fingerprint density at radius 3 is 2.62 bits per heavy atom. The third kappa shape index (κ3) is 3.55. The van der Waals surface area contributed by atoms with Crippen LogP contribution in [0.25, 0.3) is 0 Å². The minimum atomic E-state index is -3.60. The lowest BCUT2D eigenvalue weighted by Gasteiger charge is -2.20. The van der Waals surface area contributed by atoms with Crippen molar-refractivity contribution in [3.63, 3.8) is 0 Å². The summed E-state index contributed by atoms with van der Waals surface area (Å²) in [6.07, 6.45) is 1.53. The Labute approximate surface area is 132 Å². The highest BCUT2D eigenvalue weighted by atomic mass is 79.9. The number of furan rings is 1. The summed E-state index contributed by atoms with van der Waals surface area (Å²) in [6, 6.07) is 8.52. The summed E-state index contributed by atoms with van der Waals surface area (Å²) in [4.78, 5) is 0.230. The lowest BCUT2D eigenvalue weighted by molar-refractivity contribution is 0.375. The number of hydrogen-bond acceptors (Lipinski definition) is 4. The first-order valence-corrected chi connectivity index (χ1v) is 8.73. The van der Waals surface area contributed by atoms with E-state index in [1.54, 1.807) is 37.3 Å². The van der Waals surface area contributed by atoms with Crippen LogP contribution in [0.3, 0.4) is 0 Å². The number of benzene rings is 1. The maximum atomic E-state index is 12.7. The summed E-state index contributed by atoms with van der Waals surface area (Å²) in [5.41, 5.74) is 6.43. The van der Waals surface area contributed by atoms with Crippen LogP contribution in [-0.4, -0.2) is 19.3 Å². The summed E-state index contributed by atoms with van der Waals surface area (Å²) in [7, 11) is -3.60. The molecule has 0 aliphatic rings. The van der Waals surface area contributed by atoms with Gasteiger partial charge in [-0.2, -0.15) is 4.31 Å². The molecule has 1 aromatic carbocycles. The van der Waals surface area contributed by atoms with Crippen molar-refractivity contribution in [2.45, 2.75) is 24.9 Å². The Morgan fingerprint density at radius 2 is 2.10 bits per heavy atom. The predicted octanol–water partition coefficient (Wildman–Crippen LogP) is 2.71. The second kappa shape index (κ2) is 6.74. The number of hydrogen-bond donors (Lipinski definition) is 1. The van der Waals surface area contributed by atoms with Gasteiger partial charge in [0.05, 0.1) is 17.7 Å². The van der Waals surface area contributed by atoms with Gasteiger partial charge in [-0.25, -0.2) is 8.42 Å². The molecule has 0 aliphatic carbocycles. The van der Waals surface area contributed by atoms with Gasteiger partial charge < -0.3 is 10.2 Å². The van der Waals surface area contributed by atoms with E-state index in [2.05, 4.69) is 15.9 Å². The first kappa shape index (κ1) is 16.2. The quantitative estimate of drug-likeness (QED) is 0.845. The number of rotatable bonds is 6. The van der Waals surface area contributed by atoms with Gasteiger partial charge in [0.15, 0.2) is 0 Å². The SMILES string of the molecule is CCN(Cc1ccco1)S(=O)(=O)c1ccc(CN)cc1Br. The second-order valence-corrected chi connectivity index (χ2v) is 7.24. The molecule has 1 heterocycles. The summed E-state index contributed by atoms with van der Waals surface area (Å²) >= 11 is 3.31. The maximum Gasteiger partial charge on any atom is 0.244 e. The van der Waals surface area contributed by atoms with E-state index in [4.69, 9.17) is 10.2 Å². The molecule has 2 rings (SSSR count). The van der Waals surface area contributed by atoms with Crippen molar-refractivity contribution in [3.05, 3.63) is 52.4 Å². The molecule has 21 heavy (non-hydrogen) atoms. The van der Waals surface area contributed by atoms with Crippen molar-refractivity contribution >= 4 is 26.0 Å². The fourth-order valence-electron chi connectivity index (χ4n) is 1.96. The molecule has 5 nitrogen and oxygen atoms in total. The van der Waals surface area contributed by atoms with Crippen molar-refractivity contribution in [3.8, 4) is 0 Å². The van der Waals surface area contributed by atoms with E-state index < -0.39 is 10.0 Å². The molecule has 0 unspecified atom stereocenters. The van der Waals surface area contributed by atoms with Crippen molar-refractivity contribution in [2.24, 2.45) is 5.73 Å². The fraction of sp³-hybridized carbons (Fsp3) is 0.286. The van der Waals surface area contributed by atoms with E-state index in [0.717, 1.165) is 5.56 Å². The van der Waals surface area contributed by atoms with Crippen molar-refractivity contribution < 1.29 is 12.8 Å². The lowest BCUT2D eigenvalue weighted by atomic mass is 10.2. The van der Waals surface area contributed by atoms with Gasteiger partial charge >= 0.3 is 0 Å². The molecule has 2 aromatic rings. The molecule has 0 amide bonds. The molecule has 2 N–H and O–H groups in total. The molecule has 0 spiro atoms. The highest BCUT2D eigenvalue weighted by molar-refractivity contribution is 9.10.